The molecule has 4 nitrogen and oxygen atoms in total. The molecule has 2 unspecified atom stereocenters. The summed E-state index contributed by atoms with van der Waals surface area (Å²) in [6.07, 6.45) is 6.55. The molecule has 2 N–H and O–H groups in total. The van der Waals surface area contributed by atoms with Crippen LogP contribution in [0.1, 0.15) is 49.1 Å². The second-order valence-corrected chi connectivity index (χ2v) is 6.99. The third kappa shape index (κ3) is 1.31. The lowest BCUT2D eigenvalue weighted by Gasteiger charge is -2.30. The van der Waals surface area contributed by atoms with E-state index >= 15 is 0 Å². The van der Waals surface area contributed by atoms with Crippen LogP contribution in [0.4, 0.5) is 11.4 Å². The van der Waals surface area contributed by atoms with Gasteiger partial charge in [-0.2, -0.15) is 8.75 Å². The number of aryl methyl sites for hydroxylation is 1. The summed E-state index contributed by atoms with van der Waals surface area (Å²) in [6, 6.07) is 1.29. The Morgan fingerprint density at radius 3 is 2.70 bits per heavy atom. The molecule has 20 heavy (non-hydrogen) atoms. The minimum atomic E-state index is 0.638. The molecule has 0 spiro atoms. The molecule has 2 aromatic rings. The molecule has 3 aliphatic rings. The number of nitrogens with zero attached hydrogens (tertiary/aromatic N) is 2. The van der Waals surface area contributed by atoms with E-state index in [4.69, 9.17) is 0 Å². The van der Waals surface area contributed by atoms with Crippen LogP contribution in [-0.4, -0.2) is 20.8 Å². The molecule has 2 saturated carbocycles. The highest BCUT2D eigenvalue weighted by Crippen LogP contribution is 2.54. The molecule has 1 aromatic heterocycles. The normalized spacial score (nSPS) is 27.4. The van der Waals surface area contributed by atoms with Crippen LogP contribution >= 0.6 is 11.7 Å². The second kappa shape index (κ2) is 3.85. The summed E-state index contributed by atoms with van der Waals surface area (Å²) in [7, 11) is 0. The molecule has 2 aliphatic carbocycles. The Morgan fingerprint density at radius 1 is 1.15 bits per heavy atom. The lowest BCUT2D eigenvalue weighted by atomic mass is 9.77. The van der Waals surface area contributed by atoms with E-state index in [1.54, 1.807) is 0 Å². The predicted octanol–water partition coefficient (Wildman–Crippen LogP) is 3.64. The van der Waals surface area contributed by atoms with Crippen molar-refractivity contribution in [2.24, 2.45) is 0 Å². The van der Waals surface area contributed by atoms with Crippen molar-refractivity contribution < 1.29 is 0 Å². The van der Waals surface area contributed by atoms with E-state index in [1.165, 1.54) is 66.3 Å². The molecule has 0 bridgehead atoms. The number of anilines is 2. The monoisotopic (exact) mass is 286 g/mol. The lowest BCUT2D eigenvalue weighted by molar-refractivity contribution is 0.393. The summed E-state index contributed by atoms with van der Waals surface area (Å²) in [5, 5.41) is 7.53. The predicted molar refractivity (Wildman–Crippen MR) is 82.8 cm³/mol. The molecule has 0 radical (unpaired) electrons. The quantitative estimate of drug-likeness (QED) is 0.885. The number of hydrogen-bond acceptors (Lipinski definition) is 5. The molecule has 1 aromatic carbocycles. The van der Waals surface area contributed by atoms with Gasteiger partial charge in [0.25, 0.3) is 0 Å². The topological polar surface area (TPSA) is 49.8 Å². The van der Waals surface area contributed by atoms with Crippen LogP contribution in [0.2, 0.25) is 0 Å². The van der Waals surface area contributed by atoms with Crippen molar-refractivity contribution in [3.8, 4) is 0 Å². The van der Waals surface area contributed by atoms with Crippen molar-refractivity contribution in [3.05, 3.63) is 11.1 Å². The van der Waals surface area contributed by atoms with Gasteiger partial charge >= 0.3 is 0 Å². The maximum Gasteiger partial charge on any atom is 0.110 e. The Balaban J connectivity index is 1.73. The standard InChI is InChI=1S/C15H18N4S/c1-7-12(16-8-3-2-4-8)14-11(9-5-6-10(9)17-14)15-13(7)18-20-19-15/h8-10,16-17H,2-6H2,1H3. The van der Waals surface area contributed by atoms with Crippen LogP contribution < -0.4 is 10.6 Å². The molecule has 5 heteroatoms. The Morgan fingerprint density at radius 2 is 2.00 bits per heavy atom. The Kier molecular flexibility index (Phi) is 2.18. The fraction of sp³-hybridized carbons (Fsp3) is 0.600. The first-order valence-electron chi connectivity index (χ1n) is 7.64. The zero-order chi connectivity index (χ0) is 13.3. The summed E-state index contributed by atoms with van der Waals surface area (Å²) in [4.78, 5) is 0. The fourth-order valence-electron chi connectivity index (χ4n) is 3.82. The number of benzene rings is 1. The van der Waals surface area contributed by atoms with E-state index in [-0.39, 0.29) is 0 Å². The summed E-state index contributed by atoms with van der Waals surface area (Å²) in [5.74, 6) is 0.666. The van der Waals surface area contributed by atoms with Gasteiger partial charge in [0.2, 0.25) is 0 Å². The van der Waals surface area contributed by atoms with Crippen molar-refractivity contribution in [1.82, 2.24) is 8.75 Å². The van der Waals surface area contributed by atoms with Gasteiger partial charge < -0.3 is 10.6 Å². The number of hydrogen-bond donors (Lipinski definition) is 2. The van der Waals surface area contributed by atoms with E-state index < -0.39 is 0 Å². The molecule has 5 rings (SSSR count). The van der Waals surface area contributed by atoms with Crippen LogP contribution in [0.25, 0.3) is 11.0 Å². The highest BCUT2D eigenvalue weighted by atomic mass is 32.1. The molecule has 1 aliphatic heterocycles. The molecular weight excluding hydrogens is 268 g/mol. The van der Waals surface area contributed by atoms with Crippen LogP contribution in [-0.2, 0) is 0 Å². The summed E-state index contributed by atoms with van der Waals surface area (Å²) < 4.78 is 9.14. The molecule has 2 fully saturated rings. The number of nitrogens with one attached hydrogen (secondary N) is 2. The molecular formula is C15H18N4S. The number of aromatic nitrogens is 2. The lowest BCUT2D eigenvalue weighted by Crippen LogP contribution is -2.30. The van der Waals surface area contributed by atoms with E-state index in [9.17, 15) is 0 Å². The summed E-state index contributed by atoms with van der Waals surface area (Å²) in [5.41, 5.74) is 7.62. The molecule has 2 atom stereocenters. The smallest absolute Gasteiger partial charge is 0.110 e. The summed E-state index contributed by atoms with van der Waals surface area (Å²) >= 11 is 1.35. The molecule has 0 saturated heterocycles. The van der Waals surface area contributed by atoms with Crippen molar-refractivity contribution in [1.29, 1.82) is 0 Å². The minimum absolute atomic E-state index is 0.638. The maximum atomic E-state index is 4.59. The third-order valence-electron chi connectivity index (χ3n) is 5.42. The van der Waals surface area contributed by atoms with Gasteiger partial charge in [-0.05, 0) is 39.0 Å². The van der Waals surface area contributed by atoms with Crippen LogP contribution in [0.5, 0.6) is 0 Å². The first-order valence-corrected chi connectivity index (χ1v) is 8.38. The van der Waals surface area contributed by atoms with E-state index in [0.29, 0.717) is 18.0 Å². The number of fused-ring (bicyclic) bond motifs is 5. The van der Waals surface area contributed by atoms with Gasteiger partial charge in [-0.15, -0.1) is 0 Å². The molecule has 104 valence electrons. The first kappa shape index (κ1) is 11.3. The van der Waals surface area contributed by atoms with Gasteiger partial charge in [0.1, 0.15) is 11.0 Å². The maximum absolute atomic E-state index is 4.59. The Hall–Kier alpha value is -1.36. The van der Waals surface area contributed by atoms with E-state index in [2.05, 4.69) is 26.3 Å². The Bertz CT molecular complexity index is 703. The molecule has 2 heterocycles. The summed E-state index contributed by atoms with van der Waals surface area (Å²) in [6.45, 7) is 2.19. The average Bonchev–Trinajstić information content (AvgIpc) is 2.92. The van der Waals surface area contributed by atoms with Crippen molar-refractivity contribution in [2.75, 3.05) is 10.6 Å². The van der Waals surface area contributed by atoms with Crippen molar-refractivity contribution in [3.63, 3.8) is 0 Å². The van der Waals surface area contributed by atoms with Gasteiger partial charge in [0, 0.05) is 29.1 Å². The number of rotatable bonds is 2. The van der Waals surface area contributed by atoms with Crippen molar-refractivity contribution >= 4 is 34.1 Å². The van der Waals surface area contributed by atoms with E-state index in [0.717, 1.165) is 11.0 Å². The van der Waals surface area contributed by atoms with Gasteiger partial charge in [-0.25, -0.2) is 0 Å². The first-order chi connectivity index (χ1) is 9.83. The average molecular weight is 286 g/mol. The zero-order valence-corrected chi connectivity index (χ0v) is 12.4. The van der Waals surface area contributed by atoms with Gasteiger partial charge in [0.15, 0.2) is 0 Å². The highest BCUT2D eigenvalue weighted by Gasteiger charge is 2.43. The van der Waals surface area contributed by atoms with E-state index in [1.807, 2.05) is 0 Å². The third-order valence-corrected chi connectivity index (χ3v) is 5.95. The van der Waals surface area contributed by atoms with Crippen LogP contribution in [0, 0.1) is 6.92 Å². The second-order valence-electron chi connectivity index (χ2n) is 6.46. The Labute approximate surface area is 122 Å². The highest BCUT2D eigenvalue weighted by molar-refractivity contribution is 7.00. The SMILES string of the molecule is Cc1c(NC2CCC2)c2c(c3nsnc13)C1CCC1N2. The minimum Gasteiger partial charge on any atom is -0.380 e. The van der Waals surface area contributed by atoms with Gasteiger partial charge in [0.05, 0.1) is 23.1 Å². The largest absolute Gasteiger partial charge is 0.380 e. The van der Waals surface area contributed by atoms with Gasteiger partial charge in [-0.1, -0.05) is 0 Å². The fourth-order valence-corrected chi connectivity index (χ4v) is 4.43. The zero-order valence-electron chi connectivity index (χ0n) is 11.6. The molecule has 0 amide bonds. The van der Waals surface area contributed by atoms with Crippen molar-refractivity contribution in [2.45, 2.75) is 57.0 Å². The van der Waals surface area contributed by atoms with Gasteiger partial charge in [-0.3, -0.25) is 0 Å². The van der Waals surface area contributed by atoms with Crippen LogP contribution in [0.3, 0.4) is 0 Å². The van der Waals surface area contributed by atoms with Crippen LogP contribution in [0.15, 0.2) is 0 Å².